The van der Waals surface area contributed by atoms with Crippen LogP contribution in [-0.4, -0.2) is 27.2 Å². The van der Waals surface area contributed by atoms with E-state index in [1.165, 1.54) is 30.6 Å². The lowest BCUT2D eigenvalue weighted by atomic mass is 10.1. The molecule has 0 bridgehead atoms. The van der Waals surface area contributed by atoms with Crippen LogP contribution in [0.3, 0.4) is 0 Å². The van der Waals surface area contributed by atoms with Gasteiger partial charge >= 0.3 is 5.97 Å². The van der Waals surface area contributed by atoms with Gasteiger partial charge in [-0.15, -0.1) is 0 Å². The number of hydrogen-bond donors (Lipinski definition) is 1. The summed E-state index contributed by atoms with van der Waals surface area (Å²) in [4.78, 5) is 18.3. The molecule has 0 spiro atoms. The average Bonchev–Trinajstić information content (AvgIpc) is 2.32. The summed E-state index contributed by atoms with van der Waals surface area (Å²) in [6.07, 6.45) is 6.08. The molecule has 17 heavy (non-hydrogen) atoms. The third-order valence-corrected chi connectivity index (χ3v) is 2.10. The van der Waals surface area contributed by atoms with E-state index in [0.717, 1.165) is 0 Å². The third kappa shape index (κ3) is 2.66. The van der Waals surface area contributed by atoms with Gasteiger partial charge in [-0.25, -0.2) is 19.2 Å². The maximum atomic E-state index is 12.8. The Morgan fingerprint density at radius 1 is 1.47 bits per heavy atom. The van der Waals surface area contributed by atoms with E-state index < -0.39 is 12.1 Å². The van der Waals surface area contributed by atoms with Crippen molar-refractivity contribution in [1.82, 2.24) is 9.97 Å². The van der Waals surface area contributed by atoms with E-state index in [1.54, 1.807) is 0 Å². The van der Waals surface area contributed by atoms with Gasteiger partial charge < -0.3 is 9.84 Å². The molecule has 0 amide bonds. The molecule has 6 heteroatoms. The zero-order valence-corrected chi connectivity index (χ0v) is 8.71. The zero-order chi connectivity index (χ0) is 12.3. The summed E-state index contributed by atoms with van der Waals surface area (Å²) in [6.45, 7) is 0. The molecule has 5 nitrogen and oxygen atoms in total. The number of hydrogen-bond acceptors (Lipinski definition) is 4. The Kier molecular flexibility index (Phi) is 3.13. The zero-order valence-electron chi connectivity index (χ0n) is 8.71. The molecule has 1 atom stereocenters. The van der Waals surface area contributed by atoms with Crippen molar-refractivity contribution in [2.24, 2.45) is 0 Å². The van der Waals surface area contributed by atoms with E-state index >= 15 is 0 Å². The van der Waals surface area contributed by atoms with E-state index in [1.807, 2.05) is 0 Å². The number of halogens is 1. The highest BCUT2D eigenvalue weighted by Gasteiger charge is 2.16. The van der Waals surface area contributed by atoms with Gasteiger partial charge in [0.25, 0.3) is 5.88 Å². The Hall–Kier alpha value is -2.24. The van der Waals surface area contributed by atoms with Crippen LogP contribution in [0.15, 0.2) is 36.4 Å². The highest BCUT2D eigenvalue weighted by atomic mass is 19.1. The molecular weight excluding hydrogens is 227 g/mol. The minimum absolute atomic E-state index is 0.104. The molecule has 1 heterocycles. The summed E-state index contributed by atoms with van der Waals surface area (Å²) in [5, 5.41) is 8.86. The molecule has 1 N–H and O–H groups in total. The van der Waals surface area contributed by atoms with E-state index in [9.17, 15) is 9.18 Å². The summed E-state index contributed by atoms with van der Waals surface area (Å²) in [5.41, 5.74) is -0.274. The fourth-order valence-electron chi connectivity index (χ4n) is 1.31. The molecule has 0 saturated carbocycles. The molecule has 0 aromatic carbocycles. The molecule has 1 aromatic rings. The maximum Gasteiger partial charge on any atom is 0.360 e. The Balaban J connectivity index is 2.20. The van der Waals surface area contributed by atoms with Crippen LogP contribution in [-0.2, 0) is 0 Å². The summed E-state index contributed by atoms with van der Waals surface area (Å²) in [6, 6.07) is 0. The van der Waals surface area contributed by atoms with Crippen molar-refractivity contribution in [3.63, 3.8) is 0 Å². The van der Waals surface area contributed by atoms with Crippen LogP contribution < -0.4 is 4.74 Å². The van der Waals surface area contributed by atoms with Crippen molar-refractivity contribution in [3.05, 3.63) is 42.1 Å². The molecule has 2 rings (SSSR count). The first-order valence-corrected chi connectivity index (χ1v) is 4.91. The predicted molar refractivity (Wildman–Crippen MR) is 56.4 cm³/mol. The van der Waals surface area contributed by atoms with Crippen molar-refractivity contribution >= 4 is 5.97 Å². The number of rotatable bonds is 3. The van der Waals surface area contributed by atoms with Crippen molar-refractivity contribution in [2.75, 3.05) is 0 Å². The monoisotopic (exact) mass is 236 g/mol. The van der Waals surface area contributed by atoms with E-state index in [-0.39, 0.29) is 18.0 Å². The number of carboxylic acids is 1. The molecular formula is C11H9FN2O3. The Labute approximate surface area is 96.3 Å². The molecule has 0 aliphatic heterocycles. The normalized spacial score (nSPS) is 18.6. The molecule has 1 aromatic heterocycles. The lowest BCUT2D eigenvalue weighted by Gasteiger charge is -2.11. The molecule has 88 valence electrons. The number of alkyl halides is 1. The van der Waals surface area contributed by atoms with Crippen LogP contribution in [0.5, 0.6) is 5.88 Å². The molecule has 1 aliphatic carbocycles. The second-order valence-electron chi connectivity index (χ2n) is 3.33. The van der Waals surface area contributed by atoms with Gasteiger partial charge in [0.15, 0.2) is 0 Å². The van der Waals surface area contributed by atoms with Crippen LogP contribution in [0.4, 0.5) is 4.39 Å². The topological polar surface area (TPSA) is 72.3 Å². The number of aromatic carboxylic acids is 1. The third-order valence-electron chi connectivity index (χ3n) is 2.10. The number of carboxylic acid groups (broad SMARTS) is 1. The summed E-state index contributed by atoms with van der Waals surface area (Å²) in [7, 11) is 0. The van der Waals surface area contributed by atoms with Gasteiger partial charge in [0.2, 0.25) is 5.69 Å². The van der Waals surface area contributed by atoms with Crippen LogP contribution in [0.2, 0.25) is 0 Å². The molecule has 0 fully saturated rings. The van der Waals surface area contributed by atoms with Gasteiger partial charge in [-0.2, -0.15) is 0 Å². The largest absolute Gasteiger partial charge is 0.476 e. The van der Waals surface area contributed by atoms with Crippen LogP contribution in [0.1, 0.15) is 16.9 Å². The predicted octanol–water partition coefficient (Wildman–Crippen LogP) is 1.74. The van der Waals surface area contributed by atoms with Crippen LogP contribution in [0.25, 0.3) is 0 Å². The summed E-state index contributed by atoms with van der Waals surface area (Å²) in [5.74, 6) is -0.966. The van der Waals surface area contributed by atoms with Crippen LogP contribution >= 0.6 is 0 Å². The number of nitrogens with zero attached hydrogens (tertiary/aromatic N) is 2. The van der Waals surface area contributed by atoms with E-state index in [4.69, 9.17) is 9.84 Å². The van der Waals surface area contributed by atoms with Gasteiger partial charge in [0.05, 0.1) is 0 Å². The molecule has 1 unspecified atom stereocenters. The second-order valence-corrected chi connectivity index (χ2v) is 3.33. The molecule has 1 aliphatic rings. The van der Waals surface area contributed by atoms with Crippen molar-refractivity contribution in [1.29, 1.82) is 0 Å². The van der Waals surface area contributed by atoms with Crippen molar-refractivity contribution in [2.45, 2.75) is 12.6 Å². The highest BCUT2D eigenvalue weighted by Crippen LogP contribution is 2.19. The lowest BCUT2D eigenvalue weighted by Crippen LogP contribution is -2.08. The number of aromatic nitrogens is 2. The number of allylic oxidation sites excluding steroid dienone is 3. The van der Waals surface area contributed by atoms with Gasteiger partial charge in [-0.05, 0) is 18.2 Å². The first-order chi connectivity index (χ1) is 8.16. The molecule has 0 radical (unpaired) electrons. The van der Waals surface area contributed by atoms with Crippen molar-refractivity contribution in [3.8, 4) is 5.88 Å². The van der Waals surface area contributed by atoms with Gasteiger partial charge in [-0.1, -0.05) is 0 Å². The first kappa shape index (κ1) is 11.3. The van der Waals surface area contributed by atoms with E-state index in [2.05, 4.69) is 9.97 Å². The summed E-state index contributed by atoms with van der Waals surface area (Å²) >= 11 is 0. The van der Waals surface area contributed by atoms with Crippen LogP contribution in [0, 0.1) is 0 Å². The summed E-state index contributed by atoms with van der Waals surface area (Å²) < 4.78 is 18.0. The first-order valence-electron chi connectivity index (χ1n) is 4.91. The highest BCUT2D eigenvalue weighted by molar-refractivity contribution is 5.87. The lowest BCUT2D eigenvalue weighted by molar-refractivity contribution is 0.0686. The number of ether oxygens (including phenoxy) is 1. The Bertz CT molecular complexity index is 499. The average molecular weight is 236 g/mol. The minimum Gasteiger partial charge on any atom is -0.476 e. The molecule has 0 saturated heterocycles. The van der Waals surface area contributed by atoms with Gasteiger partial charge in [0, 0.05) is 18.8 Å². The van der Waals surface area contributed by atoms with Gasteiger partial charge in [-0.3, -0.25) is 0 Å². The maximum absolute atomic E-state index is 12.8. The standard InChI is InChI=1S/C11H9FN2O3/c12-7-1-3-8(4-2-7)17-10-9(11(15)16)13-5-6-14-10/h1,3-7H,2H2,(H,15,16). The Morgan fingerprint density at radius 3 is 2.88 bits per heavy atom. The van der Waals surface area contributed by atoms with E-state index in [0.29, 0.717) is 5.76 Å². The quantitative estimate of drug-likeness (QED) is 0.865. The fourth-order valence-corrected chi connectivity index (χ4v) is 1.31. The fraction of sp³-hybridized carbons (Fsp3) is 0.182. The number of carbonyl (C=O) groups is 1. The SMILES string of the molecule is O=C(O)c1nccnc1OC1=CCC(F)C=C1. The smallest absolute Gasteiger partial charge is 0.360 e. The Morgan fingerprint density at radius 2 is 2.24 bits per heavy atom. The minimum atomic E-state index is -1.23. The van der Waals surface area contributed by atoms with Gasteiger partial charge in [0.1, 0.15) is 11.9 Å². The second kappa shape index (κ2) is 4.73. The van der Waals surface area contributed by atoms with Crippen molar-refractivity contribution < 1.29 is 19.0 Å².